The van der Waals surface area contributed by atoms with Crippen LogP contribution >= 0.6 is 136 Å². The van der Waals surface area contributed by atoms with E-state index >= 15 is 0 Å². The monoisotopic (exact) mass is 1030 g/mol. The molecule has 0 unspecified atom stereocenters. The van der Waals surface area contributed by atoms with Crippen LogP contribution in [0.15, 0.2) is 84.9 Å². The molecule has 0 radical (unpaired) electrons. The summed E-state index contributed by atoms with van der Waals surface area (Å²) in [6.07, 6.45) is 0. The zero-order valence-electron chi connectivity index (χ0n) is 20.2. The molecule has 8 rings (SSSR count). The van der Waals surface area contributed by atoms with E-state index in [1.54, 1.807) is 0 Å². The van der Waals surface area contributed by atoms with Crippen molar-refractivity contribution in [1.29, 1.82) is 0 Å². The van der Waals surface area contributed by atoms with Crippen LogP contribution in [0.4, 0.5) is 0 Å². The van der Waals surface area contributed by atoms with Crippen molar-refractivity contribution >= 4 is 168 Å². The first-order valence-corrected chi connectivity index (χ1v) is 19.8. The SMILES string of the molecule is Ic1ccc(-c2cc(-c3ccc(I)s3)c3ccc4c(-c5ccc(I)s5)cc(-c5ccc(I)s5)c5ccc2c3c54)s1. The van der Waals surface area contributed by atoms with E-state index in [2.05, 4.69) is 175 Å². The molecule has 0 aliphatic rings. The second kappa shape index (κ2) is 10.7. The van der Waals surface area contributed by atoms with Crippen LogP contribution in [0.3, 0.4) is 0 Å². The van der Waals surface area contributed by atoms with Crippen molar-refractivity contribution in [3.63, 3.8) is 0 Å². The van der Waals surface area contributed by atoms with Gasteiger partial charge in [-0.2, -0.15) is 0 Å². The van der Waals surface area contributed by atoms with Crippen molar-refractivity contribution in [2.75, 3.05) is 0 Å². The van der Waals surface area contributed by atoms with Gasteiger partial charge in [-0.15, -0.1) is 45.3 Å². The molecule has 0 bridgehead atoms. The van der Waals surface area contributed by atoms with Crippen LogP contribution in [-0.2, 0) is 0 Å². The Balaban J connectivity index is 1.59. The molecule has 8 heteroatoms. The molecule has 0 nitrogen and oxygen atoms in total. The number of hydrogen-bond acceptors (Lipinski definition) is 4. The van der Waals surface area contributed by atoms with Gasteiger partial charge in [-0.1, -0.05) is 24.3 Å². The lowest BCUT2D eigenvalue weighted by molar-refractivity contribution is 1.74. The van der Waals surface area contributed by atoms with Gasteiger partial charge < -0.3 is 0 Å². The molecular formula is C32H14I4S4. The van der Waals surface area contributed by atoms with Gasteiger partial charge in [0.25, 0.3) is 0 Å². The molecule has 0 aliphatic heterocycles. The van der Waals surface area contributed by atoms with Gasteiger partial charge in [-0.3, -0.25) is 0 Å². The Morgan fingerprint density at radius 3 is 0.775 bits per heavy atom. The van der Waals surface area contributed by atoms with Crippen molar-refractivity contribution < 1.29 is 0 Å². The average Bonchev–Trinajstić information content (AvgIpc) is 3.76. The minimum absolute atomic E-state index is 1.31. The Bertz CT molecular complexity index is 1920. The molecule has 4 heterocycles. The van der Waals surface area contributed by atoms with Crippen LogP contribution in [-0.4, -0.2) is 0 Å². The summed E-state index contributed by atoms with van der Waals surface area (Å²) in [5.41, 5.74) is 5.32. The van der Waals surface area contributed by atoms with E-state index in [0.29, 0.717) is 0 Å². The quantitative estimate of drug-likeness (QED) is 0.122. The van der Waals surface area contributed by atoms with Gasteiger partial charge >= 0.3 is 0 Å². The summed E-state index contributed by atoms with van der Waals surface area (Å²) in [4.78, 5) is 5.32. The number of thiophene rings is 4. The van der Waals surface area contributed by atoms with Gasteiger partial charge in [0, 0.05) is 41.8 Å². The summed E-state index contributed by atoms with van der Waals surface area (Å²) in [5.74, 6) is 0. The molecule has 4 aromatic heterocycles. The highest BCUT2D eigenvalue weighted by atomic mass is 127. The Hall–Kier alpha value is -0.360. The van der Waals surface area contributed by atoms with Gasteiger partial charge in [0.1, 0.15) is 0 Å². The standard InChI is InChI=1S/C32H14I4S4/c33-27-9-5-23(37-27)19-13-21(25-7-11-29(35)39-25)17-3-4-18-22(26-8-12-30(36)40-26)14-20(24-6-10-28(34)38-24)16-2-1-15(19)31(17)32(16)18/h1-14H. The third-order valence-corrected chi connectivity index (χ3v) is 15.0. The van der Waals surface area contributed by atoms with E-state index in [1.165, 1.54) is 85.6 Å². The van der Waals surface area contributed by atoms with Gasteiger partial charge in [0.15, 0.2) is 0 Å². The molecule has 40 heavy (non-hydrogen) atoms. The largest absolute Gasteiger partial charge is 0.129 e. The molecule has 0 amide bonds. The molecule has 4 aromatic carbocycles. The van der Waals surface area contributed by atoms with Crippen LogP contribution in [0.1, 0.15) is 0 Å². The summed E-state index contributed by atoms with van der Waals surface area (Å²) >= 11 is 17.3. The van der Waals surface area contributed by atoms with Crippen LogP contribution < -0.4 is 0 Å². The van der Waals surface area contributed by atoms with Crippen LogP contribution in [0.5, 0.6) is 0 Å². The minimum Gasteiger partial charge on any atom is -0.129 e. The van der Waals surface area contributed by atoms with Crippen molar-refractivity contribution in [2.45, 2.75) is 0 Å². The fourth-order valence-electron chi connectivity index (χ4n) is 5.64. The molecular weight excluding hydrogens is 1020 g/mol. The third kappa shape index (κ3) is 4.53. The number of halogens is 4. The highest BCUT2D eigenvalue weighted by Crippen LogP contribution is 2.50. The third-order valence-electron chi connectivity index (χ3n) is 7.25. The molecule has 0 N–H and O–H groups in total. The van der Waals surface area contributed by atoms with E-state index in [4.69, 9.17) is 0 Å². The van der Waals surface area contributed by atoms with Crippen molar-refractivity contribution in [1.82, 2.24) is 0 Å². The normalized spacial score (nSPS) is 12.0. The van der Waals surface area contributed by atoms with E-state index < -0.39 is 0 Å². The van der Waals surface area contributed by atoms with E-state index in [0.717, 1.165) is 0 Å². The fourth-order valence-corrected chi connectivity index (χ4v) is 12.3. The Morgan fingerprint density at radius 1 is 0.325 bits per heavy atom. The van der Waals surface area contributed by atoms with Crippen LogP contribution in [0, 0.1) is 11.5 Å². The predicted molar refractivity (Wildman–Crippen MR) is 214 cm³/mol. The molecule has 0 atom stereocenters. The topological polar surface area (TPSA) is 0 Å². The van der Waals surface area contributed by atoms with Crippen molar-refractivity contribution in [3.8, 4) is 41.8 Å². The van der Waals surface area contributed by atoms with Crippen molar-refractivity contribution in [2.24, 2.45) is 0 Å². The Labute approximate surface area is 301 Å². The first-order chi connectivity index (χ1) is 19.4. The summed E-state index contributed by atoms with van der Waals surface area (Å²) in [7, 11) is 0. The zero-order valence-corrected chi connectivity index (χ0v) is 32.1. The maximum Gasteiger partial charge on any atom is 0.0660 e. The smallest absolute Gasteiger partial charge is 0.0660 e. The van der Waals surface area contributed by atoms with E-state index in [1.807, 2.05) is 45.3 Å². The number of rotatable bonds is 4. The predicted octanol–water partition coefficient (Wildman–Crippen LogP) is 13.9. The molecule has 0 fully saturated rings. The van der Waals surface area contributed by atoms with E-state index in [-0.39, 0.29) is 0 Å². The molecule has 0 aliphatic carbocycles. The van der Waals surface area contributed by atoms with Gasteiger partial charge in [0.05, 0.1) is 11.5 Å². The lowest BCUT2D eigenvalue weighted by Crippen LogP contribution is -1.92. The van der Waals surface area contributed by atoms with Gasteiger partial charge in [-0.05, 0) is 183 Å². The second-order valence-corrected chi connectivity index (χ2v) is 21.3. The lowest BCUT2D eigenvalue weighted by atomic mass is 9.85. The molecule has 194 valence electrons. The first-order valence-electron chi connectivity index (χ1n) is 12.3. The summed E-state index contributed by atoms with van der Waals surface area (Å²) in [6, 6.07) is 32.5. The fraction of sp³-hybridized carbons (Fsp3) is 0. The molecule has 0 saturated carbocycles. The van der Waals surface area contributed by atoms with Gasteiger partial charge in [-0.25, -0.2) is 0 Å². The van der Waals surface area contributed by atoms with Crippen LogP contribution in [0.2, 0.25) is 0 Å². The highest BCUT2D eigenvalue weighted by molar-refractivity contribution is 14.1. The molecule has 8 aromatic rings. The zero-order chi connectivity index (χ0) is 27.1. The molecule has 0 saturated heterocycles. The summed E-state index contributed by atoms with van der Waals surface area (Å²) < 4.78 is 5.26. The lowest BCUT2D eigenvalue weighted by Gasteiger charge is -2.20. The van der Waals surface area contributed by atoms with E-state index in [9.17, 15) is 0 Å². The Kier molecular flexibility index (Phi) is 7.26. The maximum absolute atomic E-state index is 2.45. The highest BCUT2D eigenvalue weighted by Gasteiger charge is 2.22. The first kappa shape index (κ1) is 27.2. The average molecular weight is 1030 g/mol. The maximum atomic E-state index is 2.45. The molecule has 0 spiro atoms. The van der Waals surface area contributed by atoms with Crippen molar-refractivity contribution in [3.05, 3.63) is 96.5 Å². The second-order valence-electron chi connectivity index (χ2n) is 9.43. The summed E-state index contributed by atoms with van der Waals surface area (Å²) in [5, 5.41) is 8.12. The minimum atomic E-state index is 1.31. The number of hydrogen-bond donors (Lipinski definition) is 0. The number of benzene rings is 4. The summed E-state index contributed by atoms with van der Waals surface area (Å²) in [6.45, 7) is 0. The Morgan fingerprint density at radius 2 is 0.575 bits per heavy atom. The van der Waals surface area contributed by atoms with Crippen LogP contribution in [0.25, 0.3) is 74.1 Å². The van der Waals surface area contributed by atoms with Gasteiger partial charge in [0.2, 0.25) is 0 Å².